The zero-order valence-electron chi connectivity index (χ0n) is 24.5. The van der Waals surface area contributed by atoms with E-state index in [4.69, 9.17) is 15.6 Å². The molecule has 7 nitrogen and oxygen atoms in total. The number of ether oxygens (including phenoxy) is 1. The molecule has 212 valence electrons. The van der Waals surface area contributed by atoms with Crippen LogP contribution in [0.2, 0.25) is 0 Å². The van der Waals surface area contributed by atoms with Crippen molar-refractivity contribution in [2.45, 2.75) is 74.1 Å². The van der Waals surface area contributed by atoms with E-state index in [1.165, 1.54) is 18.4 Å². The van der Waals surface area contributed by atoms with Gasteiger partial charge in [0.25, 0.3) is 0 Å². The number of benzene rings is 1. The van der Waals surface area contributed by atoms with Crippen LogP contribution in [0.4, 0.5) is 10.2 Å². The normalized spacial score (nSPS) is 14.2. The quantitative estimate of drug-likeness (QED) is 0.211. The summed E-state index contributed by atoms with van der Waals surface area (Å²) in [5, 5.41) is 19.0. The van der Waals surface area contributed by atoms with Gasteiger partial charge in [0.05, 0.1) is 6.26 Å². The van der Waals surface area contributed by atoms with E-state index in [1.807, 2.05) is 26.8 Å². The van der Waals surface area contributed by atoms with Crippen LogP contribution in [0.15, 0.2) is 60.5 Å². The lowest BCUT2D eigenvalue weighted by Gasteiger charge is -2.28. The van der Waals surface area contributed by atoms with Gasteiger partial charge in [0.1, 0.15) is 41.1 Å². The summed E-state index contributed by atoms with van der Waals surface area (Å²) in [5.74, 6) is 0.0758. The van der Waals surface area contributed by atoms with E-state index in [0.29, 0.717) is 41.6 Å². The molecule has 0 radical (unpaired) electrons. The van der Waals surface area contributed by atoms with Gasteiger partial charge in [0, 0.05) is 22.2 Å². The molecule has 2 rings (SSSR count). The van der Waals surface area contributed by atoms with Crippen molar-refractivity contribution in [3.8, 4) is 0 Å². The number of aldehydes is 1. The minimum Gasteiger partial charge on any atom is -0.512 e. The highest BCUT2D eigenvalue weighted by Crippen LogP contribution is 2.37. The first kappa shape index (κ1) is 33.1. The second-order valence-electron chi connectivity index (χ2n) is 9.95. The van der Waals surface area contributed by atoms with Gasteiger partial charge in [0.2, 0.25) is 0 Å². The Balaban J connectivity index is 0.00000371. The average Bonchev–Trinajstić information content (AvgIpc) is 2.88. The Morgan fingerprint density at radius 3 is 2.31 bits per heavy atom. The first-order valence-electron chi connectivity index (χ1n) is 12.8. The molecule has 0 amide bonds. The molecule has 1 aromatic heterocycles. The van der Waals surface area contributed by atoms with Crippen molar-refractivity contribution in [2.75, 3.05) is 5.73 Å². The van der Waals surface area contributed by atoms with E-state index in [-0.39, 0.29) is 23.2 Å². The van der Waals surface area contributed by atoms with Crippen LogP contribution in [0.25, 0.3) is 5.57 Å². The third-order valence-electron chi connectivity index (χ3n) is 6.40. The Morgan fingerprint density at radius 2 is 1.82 bits per heavy atom. The van der Waals surface area contributed by atoms with E-state index < -0.39 is 10.8 Å². The Kier molecular flexibility index (Phi) is 11.7. The fourth-order valence-electron chi connectivity index (χ4n) is 4.25. The number of aromatic nitrogens is 2. The molecule has 0 bridgehead atoms. The topological polar surface area (TPSA) is 119 Å². The number of aryl methyl sites for hydroxylation is 2. The van der Waals surface area contributed by atoms with Crippen LogP contribution in [0.3, 0.4) is 0 Å². The summed E-state index contributed by atoms with van der Waals surface area (Å²) in [7, 11) is 0. The number of rotatable bonds is 10. The largest absolute Gasteiger partial charge is 0.512 e. The number of hydrogen-bond acceptors (Lipinski definition) is 7. The Hall–Kier alpha value is -3.94. The van der Waals surface area contributed by atoms with Gasteiger partial charge in [-0.3, -0.25) is 0 Å². The lowest BCUT2D eigenvalue weighted by Crippen LogP contribution is -2.30. The molecule has 4 N–H and O–H groups in total. The standard InChI is InChI=1S/C29H36FN3O4.C2H6/c1-9-22(23-11-10-21(30)12-18(23)3)27-32-19(4)25(26(31)33-27)29(8,16-35)20(5)37-15-17(2)13-28(6,7)24(36)14-34;1-2/h9-12,14-16,34,36H,5,13H2,1-4,6-8H3,(H2,31,32,33);1-2H3/b17-15+,22-9+,24-14?;. The fraction of sp³-hybridized carbons (Fsp3) is 0.387. The van der Waals surface area contributed by atoms with Crippen molar-refractivity contribution in [3.05, 3.63) is 94.5 Å². The molecule has 0 aliphatic heterocycles. The summed E-state index contributed by atoms with van der Waals surface area (Å²) in [4.78, 5) is 21.5. The van der Waals surface area contributed by atoms with E-state index in [9.17, 15) is 14.3 Å². The average molecular weight is 540 g/mol. The molecule has 0 saturated carbocycles. The summed E-state index contributed by atoms with van der Waals surface area (Å²) in [6.45, 7) is 20.3. The number of anilines is 1. The second kappa shape index (κ2) is 13.7. The van der Waals surface area contributed by atoms with Crippen LogP contribution in [0.5, 0.6) is 0 Å². The number of aliphatic hydroxyl groups excluding tert-OH is 2. The second-order valence-corrected chi connectivity index (χ2v) is 9.95. The van der Waals surface area contributed by atoms with E-state index in [1.54, 1.807) is 47.6 Å². The Morgan fingerprint density at radius 1 is 1.21 bits per heavy atom. The van der Waals surface area contributed by atoms with Crippen LogP contribution in [0, 0.1) is 25.1 Å². The maximum Gasteiger partial charge on any atom is 0.162 e. The molecule has 1 unspecified atom stereocenters. The molecule has 0 fully saturated rings. The smallest absolute Gasteiger partial charge is 0.162 e. The summed E-state index contributed by atoms with van der Waals surface area (Å²) in [6, 6.07) is 4.48. The molecule has 0 spiro atoms. The van der Waals surface area contributed by atoms with Crippen molar-refractivity contribution in [1.82, 2.24) is 9.97 Å². The SMILES string of the molecule is C=C(O/C=C(\C)CC(C)(C)C(O)=CO)C(C)(C=O)c1c(C)nc(/C(=C/C)c2ccc(F)cc2C)nc1N.CC. The van der Waals surface area contributed by atoms with Crippen LogP contribution in [-0.2, 0) is 14.9 Å². The summed E-state index contributed by atoms with van der Waals surface area (Å²) in [5.41, 5.74) is 8.08. The lowest BCUT2D eigenvalue weighted by molar-refractivity contribution is -0.111. The molecule has 0 saturated heterocycles. The highest BCUT2D eigenvalue weighted by atomic mass is 19.1. The number of carbonyl (C=O) groups is 1. The molecule has 2 aromatic rings. The number of nitrogens with two attached hydrogens (primary N) is 1. The minimum absolute atomic E-state index is 0.0980. The number of hydrogen-bond donors (Lipinski definition) is 3. The van der Waals surface area contributed by atoms with E-state index >= 15 is 0 Å². The van der Waals surface area contributed by atoms with Crippen molar-refractivity contribution in [3.63, 3.8) is 0 Å². The monoisotopic (exact) mass is 539 g/mol. The Bertz CT molecular complexity index is 1270. The van der Waals surface area contributed by atoms with Crippen molar-refractivity contribution in [1.29, 1.82) is 0 Å². The first-order valence-corrected chi connectivity index (χ1v) is 12.8. The molecule has 0 aliphatic carbocycles. The van der Waals surface area contributed by atoms with Gasteiger partial charge < -0.3 is 25.5 Å². The van der Waals surface area contributed by atoms with Crippen molar-refractivity contribution in [2.24, 2.45) is 5.41 Å². The van der Waals surface area contributed by atoms with E-state index in [0.717, 1.165) is 16.7 Å². The number of nitrogens with zero attached hydrogens (tertiary/aromatic N) is 2. The molecule has 39 heavy (non-hydrogen) atoms. The number of halogens is 1. The van der Waals surface area contributed by atoms with E-state index in [2.05, 4.69) is 16.5 Å². The van der Waals surface area contributed by atoms with Gasteiger partial charge in [-0.25, -0.2) is 14.4 Å². The third kappa shape index (κ3) is 7.56. The fourth-order valence-corrected chi connectivity index (χ4v) is 4.25. The maximum absolute atomic E-state index is 13.6. The summed E-state index contributed by atoms with van der Waals surface area (Å²) in [6.07, 6.45) is 5.02. The van der Waals surface area contributed by atoms with Gasteiger partial charge in [0.15, 0.2) is 5.82 Å². The van der Waals surface area contributed by atoms with Gasteiger partial charge in [-0.05, 0) is 69.9 Å². The zero-order valence-corrected chi connectivity index (χ0v) is 24.5. The maximum atomic E-state index is 13.6. The number of carbonyl (C=O) groups excluding carboxylic acids is 1. The van der Waals surface area contributed by atoms with Crippen LogP contribution in [0.1, 0.15) is 83.1 Å². The zero-order chi connectivity index (χ0) is 30.1. The molecule has 8 heteroatoms. The van der Waals surface area contributed by atoms with Gasteiger partial charge in [-0.2, -0.15) is 0 Å². The summed E-state index contributed by atoms with van der Waals surface area (Å²) >= 11 is 0. The predicted octanol–water partition coefficient (Wildman–Crippen LogP) is 7.56. The van der Waals surface area contributed by atoms with Gasteiger partial charge >= 0.3 is 0 Å². The van der Waals surface area contributed by atoms with Gasteiger partial charge in [-0.1, -0.05) is 46.4 Å². The highest BCUT2D eigenvalue weighted by molar-refractivity contribution is 5.80. The third-order valence-corrected chi connectivity index (χ3v) is 6.40. The van der Waals surface area contributed by atoms with Crippen molar-refractivity contribution < 1.29 is 24.1 Å². The van der Waals surface area contributed by atoms with Gasteiger partial charge in [-0.15, -0.1) is 0 Å². The van der Waals surface area contributed by atoms with Crippen LogP contribution in [-0.4, -0.2) is 26.5 Å². The minimum atomic E-state index is -1.35. The van der Waals surface area contributed by atoms with Crippen molar-refractivity contribution >= 4 is 17.7 Å². The highest BCUT2D eigenvalue weighted by Gasteiger charge is 2.37. The molecule has 1 atom stereocenters. The number of aliphatic hydroxyl groups is 2. The first-order chi connectivity index (χ1) is 18.2. The van der Waals surface area contributed by atoms with Crippen LogP contribution >= 0.6 is 0 Å². The Labute approximate surface area is 231 Å². The molecular formula is C31H42FN3O4. The molecular weight excluding hydrogens is 497 g/mol. The summed E-state index contributed by atoms with van der Waals surface area (Å²) < 4.78 is 19.4. The lowest BCUT2D eigenvalue weighted by atomic mass is 9.81. The molecule has 1 heterocycles. The number of nitrogen functional groups attached to an aromatic ring is 1. The van der Waals surface area contributed by atoms with Crippen LogP contribution < -0.4 is 5.73 Å². The predicted molar refractivity (Wildman–Crippen MR) is 156 cm³/mol. The number of allylic oxidation sites excluding steroid dienone is 4. The molecule has 1 aromatic carbocycles. The molecule has 0 aliphatic rings.